The van der Waals surface area contributed by atoms with Crippen molar-refractivity contribution >= 4 is 5.78 Å². The molecule has 2 N–H and O–H groups in total. The van der Waals surface area contributed by atoms with Gasteiger partial charge in [-0.2, -0.15) is 5.26 Å². The van der Waals surface area contributed by atoms with Crippen molar-refractivity contribution in [1.82, 2.24) is 0 Å². The molecule has 0 amide bonds. The summed E-state index contributed by atoms with van der Waals surface area (Å²) < 4.78 is 0. The van der Waals surface area contributed by atoms with Gasteiger partial charge in [-0.15, -0.1) is 0 Å². The highest BCUT2D eigenvalue weighted by Crippen LogP contribution is 1.95. The monoisotopic (exact) mass is 126 g/mol. The number of nitriles is 1. The Morgan fingerprint density at radius 1 is 1.67 bits per heavy atom. The van der Waals surface area contributed by atoms with E-state index in [1.54, 1.807) is 13.8 Å². The molecule has 0 saturated carbocycles. The van der Waals surface area contributed by atoms with Gasteiger partial charge in [-0.05, 0) is 13.8 Å². The summed E-state index contributed by atoms with van der Waals surface area (Å²) in [6, 6.07) is 1.30. The van der Waals surface area contributed by atoms with Gasteiger partial charge in [-0.3, -0.25) is 4.79 Å². The average Bonchev–Trinajstić information content (AvgIpc) is 1.84. The summed E-state index contributed by atoms with van der Waals surface area (Å²) in [6.45, 7) is 3.13. The Bertz CT molecular complexity index is 146. The van der Waals surface area contributed by atoms with Crippen LogP contribution in [0.2, 0.25) is 0 Å². The molecule has 9 heavy (non-hydrogen) atoms. The van der Waals surface area contributed by atoms with Gasteiger partial charge in [0.2, 0.25) is 0 Å². The molecule has 0 aromatic carbocycles. The number of ketones is 1. The molecule has 0 radical (unpaired) electrons. The van der Waals surface area contributed by atoms with E-state index in [9.17, 15) is 4.79 Å². The number of hydrogen-bond donors (Lipinski definition) is 1. The summed E-state index contributed by atoms with van der Waals surface area (Å²) in [5, 5.41) is 8.23. The first-order valence-corrected chi connectivity index (χ1v) is 2.78. The van der Waals surface area contributed by atoms with E-state index in [0.29, 0.717) is 0 Å². The second-order valence-electron chi connectivity index (χ2n) is 2.04. The Labute approximate surface area is 54.5 Å². The highest BCUT2D eigenvalue weighted by atomic mass is 16.1. The molecule has 0 aromatic rings. The molecular weight excluding hydrogens is 116 g/mol. The SMILES string of the molecule is CC(C#N)C(=O)[C@H](C)N. The summed E-state index contributed by atoms with van der Waals surface area (Å²) in [6.07, 6.45) is 0. The summed E-state index contributed by atoms with van der Waals surface area (Å²) in [5.74, 6) is -0.762. The van der Waals surface area contributed by atoms with Gasteiger partial charge in [0.25, 0.3) is 0 Å². The molecule has 0 aromatic heterocycles. The number of nitrogens with two attached hydrogens (primary N) is 1. The van der Waals surface area contributed by atoms with Crippen molar-refractivity contribution in [1.29, 1.82) is 5.26 Å². The van der Waals surface area contributed by atoms with Crippen LogP contribution in [0.4, 0.5) is 0 Å². The van der Waals surface area contributed by atoms with E-state index in [0.717, 1.165) is 0 Å². The molecule has 0 aliphatic heterocycles. The molecule has 0 fully saturated rings. The Morgan fingerprint density at radius 3 is 2.22 bits per heavy atom. The fourth-order valence-corrected chi connectivity index (χ4v) is 0.458. The van der Waals surface area contributed by atoms with Crippen LogP contribution >= 0.6 is 0 Å². The van der Waals surface area contributed by atoms with Gasteiger partial charge in [-0.25, -0.2) is 0 Å². The number of carbonyl (C=O) groups excluding carboxylic acids is 1. The fraction of sp³-hybridized carbons (Fsp3) is 0.667. The topological polar surface area (TPSA) is 66.9 Å². The van der Waals surface area contributed by atoms with Gasteiger partial charge < -0.3 is 5.73 Å². The summed E-state index contributed by atoms with van der Waals surface area (Å²) in [4.78, 5) is 10.7. The lowest BCUT2D eigenvalue weighted by molar-refractivity contribution is -0.121. The van der Waals surface area contributed by atoms with Crippen molar-refractivity contribution in [3.05, 3.63) is 0 Å². The highest BCUT2D eigenvalue weighted by Gasteiger charge is 2.14. The van der Waals surface area contributed by atoms with Crippen LogP contribution in [-0.4, -0.2) is 11.8 Å². The minimum absolute atomic E-state index is 0.197. The van der Waals surface area contributed by atoms with Crippen molar-refractivity contribution < 1.29 is 4.79 Å². The number of nitrogens with zero attached hydrogens (tertiary/aromatic N) is 1. The normalized spacial score (nSPS) is 15.8. The van der Waals surface area contributed by atoms with Gasteiger partial charge in [0, 0.05) is 0 Å². The third-order valence-electron chi connectivity index (χ3n) is 1.07. The quantitative estimate of drug-likeness (QED) is 0.569. The van der Waals surface area contributed by atoms with Crippen molar-refractivity contribution in [2.75, 3.05) is 0 Å². The Hall–Kier alpha value is -0.880. The van der Waals surface area contributed by atoms with Gasteiger partial charge in [0.05, 0.1) is 12.1 Å². The van der Waals surface area contributed by atoms with Crippen LogP contribution in [0.1, 0.15) is 13.8 Å². The Morgan fingerprint density at radius 2 is 2.11 bits per heavy atom. The van der Waals surface area contributed by atoms with Crippen LogP contribution in [0.3, 0.4) is 0 Å². The van der Waals surface area contributed by atoms with Gasteiger partial charge >= 0.3 is 0 Å². The molecule has 1 unspecified atom stereocenters. The molecule has 0 rings (SSSR count). The van der Waals surface area contributed by atoms with E-state index in [1.165, 1.54) is 0 Å². The summed E-state index contributed by atoms with van der Waals surface area (Å²) in [5.41, 5.74) is 5.21. The van der Waals surface area contributed by atoms with Gasteiger partial charge in [0.15, 0.2) is 5.78 Å². The van der Waals surface area contributed by atoms with Crippen molar-refractivity contribution in [3.63, 3.8) is 0 Å². The Balaban J connectivity index is 3.92. The standard InChI is InChI=1S/C6H10N2O/c1-4(3-7)6(9)5(2)8/h4-5H,8H2,1-2H3/t4?,5-/m0/s1. The molecule has 0 aliphatic carbocycles. The lowest BCUT2D eigenvalue weighted by Crippen LogP contribution is -2.30. The molecule has 0 bridgehead atoms. The smallest absolute Gasteiger partial charge is 0.166 e. The largest absolute Gasteiger partial charge is 0.322 e. The second-order valence-corrected chi connectivity index (χ2v) is 2.04. The third-order valence-corrected chi connectivity index (χ3v) is 1.07. The molecule has 3 nitrogen and oxygen atoms in total. The van der Waals surface area contributed by atoms with Crippen molar-refractivity contribution in [3.8, 4) is 6.07 Å². The highest BCUT2D eigenvalue weighted by molar-refractivity contribution is 5.87. The molecule has 0 saturated heterocycles. The van der Waals surface area contributed by atoms with Crippen LogP contribution in [0.25, 0.3) is 0 Å². The minimum Gasteiger partial charge on any atom is -0.322 e. The van der Waals surface area contributed by atoms with E-state index in [4.69, 9.17) is 11.0 Å². The molecule has 0 spiro atoms. The van der Waals surface area contributed by atoms with Gasteiger partial charge in [-0.1, -0.05) is 0 Å². The van der Waals surface area contributed by atoms with Crippen molar-refractivity contribution in [2.45, 2.75) is 19.9 Å². The predicted molar refractivity (Wildman–Crippen MR) is 33.4 cm³/mol. The lowest BCUT2D eigenvalue weighted by atomic mass is 10.0. The number of rotatable bonds is 2. The second kappa shape index (κ2) is 3.21. The third kappa shape index (κ3) is 2.24. The first kappa shape index (κ1) is 8.12. The number of Topliss-reactive ketones (excluding diaryl/α,β-unsaturated/α-hetero) is 1. The van der Waals surface area contributed by atoms with E-state index in [2.05, 4.69) is 0 Å². The minimum atomic E-state index is -0.565. The number of carbonyl (C=O) groups is 1. The molecule has 2 atom stereocenters. The lowest BCUT2D eigenvalue weighted by Gasteiger charge is -2.03. The molecule has 0 aliphatic rings. The average molecular weight is 126 g/mol. The maximum atomic E-state index is 10.7. The summed E-state index contributed by atoms with van der Waals surface area (Å²) in [7, 11) is 0. The molecule has 3 heteroatoms. The zero-order chi connectivity index (χ0) is 7.44. The maximum Gasteiger partial charge on any atom is 0.166 e. The zero-order valence-electron chi connectivity index (χ0n) is 5.59. The fourth-order valence-electron chi connectivity index (χ4n) is 0.458. The van der Waals surface area contributed by atoms with E-state index >= 15 is 0 Å². The van der Waals surface area contributed by atoms with Crippen LogP contribution in [0, 0.1) is 17.2 Å². The van der Waals surface area contributed by atoms with Crippen LogP contribution in [0.15, 0.2) is 0 Å². The van der Waals surface area contributed by atoms with Gasteiger partial charge in [0.1, 0.15) is 5.92 Å². The van der Waals surface area contributed by atoms with E-state index in [1.807, 2.05) is 6.07 Å². The molecular formula is C6H10N2O. The first-order chi connectivity index (χ1) is 4.09. The van der Waals surface area contributed by atoms with E-state index < -0.39 is 12.0 Å². The van der Waals surface area contributed by atoms with Crippen LogP contribution in [0.5, 0.6) is 0 Å². The first-order valence-electron chi connectivity index (χ1n) is 2.78. The van der Waals surface area contributed by atoms with E-state index in [-0.39, 0.29) is 5.78 Å². The summed E-state index contributed by atoms with van der Waals surface area (Å²) >= 11 is 0. The van der Waals surface area contributed by atoms with Crippen LogP contribution < -0.4 is 5.73 Å². The predicted octanol–water partition coefficient (Wildman–Crippen LogP) is 0.0624. The maximum absolute atomic E-state index is 10.7. The Kier molecular flexibility index (Phi) is 2.89. The molecule has 50 valence electrons. The van der Waals surface area contributed by atoms with Crippen LogP contribution in [-0.2, 0) is 4.79 Å². The molecule has 0 heterocycles. The number of hydrogen-bond acceptors (Lipinski definition) is 3. The zero-order valence-corrected chi connectivity index (χ0v) is 5.59. The van der Waals surface area contributed by atoms with Crippen molar-refractivity contribution in [2.24, 2.45) is 11.7 Å².